The van der Waals surface area contributed by atoms with Gasteiger partial charge >= 0.3 is 18.2 Å². The molecule has 0 aromatic heterocycles. The van der Waals surface area contributed by atoms with Gasteiger partial charge in [0.2, 0.25) is 0 Å². The zero-order chi connectivity index (χ0) is 19.7. The first kappa shape index (κ1) is 21.3. The van der Waals surface area contributed by atoms with E-state index in [0.717, 1.165) is 5.56 Å². The molecule has 0 radical (unpaired) electrons. The first-order chi connectivity index (χ1) is 12.1. The van der Waals surface area contributed by atoms with Crippen LogP contribution < -0.4 is 10.6 Å². The van der Waals surface area contributed by atoms with E-state index in [-0.39, 0.29) is 6.61 Å². The second-order valence-corrected chi connectivity index (χ2v) is 6.64. The van der Waals surface area contributed by atoms with Crippen LogP contribution in [-0.2, 0) is 25.6 Å². The summed E-state index contributed by atoms with van der Waals surface area (Å²) in [5.41, 5.74) is 0.0995. The molecule has 2 N–H and O–H groups in total. The second kappa shape index (κ2) is 9.65. The minimum atomic E-state index is -1.13. The molecule has 0 saturated carbocycles. The average molecular weight is 366 g/mol. The summed E-state index contributed by atoms with van der Waals surface area (Å²) in [7, 11) is 1.19. The number of carbonyl (C=O) groups is 3. The number of nitrogens with one attached hydrogen (secondary N) is 2. The Hall–Kier alpha value is -2.77. The third kappa shape index (κ3) is 7.87. The molecule has 0 unspecified atom stereocenters. The van der Waals surface area contributed by atoms with Crippen molar-refractivity contribution in [2.45, 2.75) is 52.0 Å². The Morgan fingerprint density at radius 1 is 1.04 bits per heavy atom. The van der Waals surface area contributed by atoms with E-state index in [2.05, 4.69) is 15.4 Å². The van der Waals surface area contributed by atoms with Gasteiger partial charge in [-0.2, -0.15) is 0 Å². The number of hydrogen-bond donors (Lipinski definition) is 2. The van der Waals surface area contributed by atoms with Gasteiger partial charge in [-0.15, -0.1) is 0 Å². The molecule has 0 saturated heterocycles. The van der Waals surface area contributed by atoms with Gasteiger partial charge < -0.3 is 24.8 Å². The molecule has 0 aliphatic rings. The molecule has 1 aromatic rings. The highest BCUT2D eigenvalue weighted by molar-refractivity contribution is 5.83. The molecule has 26 heavy (non-hydrogen) atoms. The van der Waals surface area contributed by atoms with Crippen molar-refractivity contribution in [2.75, 3.05) is 7.11 Å². The Bertz CT molecular complexity index is 612. The normalized spacial score (nSPS) is 13.1. The lowest BCUT2D eigenvalue weighted by atomic mass is 10.1. The van der Waals surface area contributed by atoms with Crippen LogP contribution in [0.1, 0.15) is 33.3 Å². The molecule has 2 atom stereocenters. The minimum absolute atomic E-state index is 0.0851. The maximum absolute atomic E-state index is 11.9. The molecular formula is C18H26N2O6. The lowest BCUT2D eigenvalue weighted by molar-refractivity contribution is -0.143. The van der Waals surface area contributed by atoms with E-state index in [4.69, 9.17) is 9.47 Å². The molecule has 2 amide bonds. The Morgan fingerprint density at radius 2 is 1.65 bits per heavy atom. The third-order valence-electron chi connectivity index (χ3n) is 3.19. The van der Waals surface area contributed by atoms with E-state index in [1.807, 2.05) is 30.3 Å². The zero-order valence-electron chi connectivity index (χ0n) is 15.7. The summed E-state index contributed by atoms with van der Waals surface area (Å²) in [5.74, 6) is -0.716. The summed E-state index contributed by atoms with van der Waals surface area (Å²) in [4.78, 5) is 35.8. The van der Waals surface area contributed by atoms with Crippen molar-refractivity contribution in [2.24, 2.45) is 0 Å². The van der Waals surface area contributed by atoms with Crippen molar-refractivity contribution in [3.63, 3.8) is 0 Å². The molecule has 1 rings (SSSR count). The molecule has 0 aliphatic carbocycles. The number of carbonyl (C=O) groups excluding carboxylic acids is 3. The quantitative estimate of drug-likeness (QED) is 0.592. The van der Waals surface area contributed by atoms with E-state index in [1.54, 1.807) is 27.7 Å². The topological polar surface area (TPSA) is 103 Å². The highest BCUT2D eigenvalue weighted by atomic mass is 16.6. The maximum atomic E-state index is 11.9. The monoisotopic (exact) mass is 366 g/mol. The van der Waals surface area contributed by atoms with Crippen LogP contribution >= 0.6 is 0 Å². The number of alkyl carbamates (subject to hydrolysis) is 2. The van der Waals surface area contributed by atoms with E-state index in [1.165, 1.54) is 7.11 Å². The van der Waals surface area contributed by atoms with Crippen LogP contribution in [0.2, 0.25) is 0 Å². The predicted molar refractivity (Wildman–Crippen MR) is 94.4 cm³/mol. The largest absolute Gasteiger partial charge is 0.467 e. The third-order valence-corrected chi connectivity index (χ3v) is 3.19. The average Bonchev–Trinajstić information content (AvgIpc) is 2.56. The van der Waals surface area contributed by atoms with Crippen LogP contribution in [0.5, 0.6) is 0 Å². The Morgan fingerprint density at radius 3 is 2.19 bits per heavy atom. The maximum Gasteiger partial charge on any atom is 0.408 e. The Balaban J connectivity index is 2.61. The molecule has 0 heterocycles. The molecule has 8 nitrogen and oxygen atoms in total. The highest BCUT2D eigenvalue weighted by Crippen LogP contribution is 2.08. The summed E-state index contributed by atoms with van der Waals surface area (Å²) in [6.45, 7) is 6.72. The van der Waals surface area contributed by atoms with Gasteiger partial charge in [-0.25, -0.2) is 14.4 Å². The van der Waals surface area contributed by atoms with Gasteiger partial charge in [-0.05, 0) is 33.3 Å². The van der Waals surface area contributed by atoms with Gasteiger partial charge in [-0.3, -0.25) is 0 Å². The lowest BCUT2D eigenvalue weighted by Gasteiger charge is -2.26. The number of hydrogen-bond acceptors (Lipinski definition) is 6. The van der Waals surface area contributed by atoms with Gasteiger partial charge in [0.15, 0.2) is 0 Å². The summed E-state index contributed by atoms with van der Waals surface area (Å²) in [5, 5.41) is 4.90. The zero-order valence-corrected chi connectivity index (χ0v) is 15.7. The van der Waals surface area contributed by atoms with Crippen molar-refractivity contribution < 1.29 is 28.6 Å². The molecule has 8 heteroatoms. The van der Waals surface area contributed by atoms with E-state index < -0.39 is 35.8 Å². The van der Waals surface area contributed by atoms with Crippen LogP contribution in [-0.4, -0.2) is 43.0 Å². The van der Waals surface area contributed by atoms with Gasteiger partial charge in [-0.1, -0.05) is 30.3 Å². The highest BCUT2D eigenvalue weighted by Gasteiger charge is 2.31. The molecular weight excluding hydrogens is 340 g/mol. The first-order valence-electron chi connectivity index (χ1n) is 8.17. The number of methoxy groups -OCH3 is 1. The van der Waals surface area contributed by atoms with Crippen LogP contribution in [0.15, 0.2) is 30.3 Å². The van der Waals surface area contributed by atoms with Crippen LogP contribution in [0.25, 0.3) is 0 Å². The number of ether oxygens (including phenoxy) is 3. The van der Waals surface area contributed by atoms with Gasteiger partial charge in [0, 0.05) is 0 Å². The first-order valence-corrected chi connectivity index (χ1v) is 8.17. The van der Waals surface area contributed by atoms with Gasteiger partial charge in [0.05, 0.1) is 13.2 Å². The van der Waals surface area contributed by atoms with E-state index in [9.17, 15) is 14.4 Å². The Labute approximate surface area is 153 Å². The fraction of sp³-hybridized carbons (Fsp3) is 0.500. The molecule has 0 fully saturated rings. The van der Waals surface area contributed by atoms with Gasteiger partial charge in [0.25, 0.3) is 0 Å². The van der Waals surface area contributed by atoms with Crippen molar-refractivity contribution >= 4 is 18.2 Å². The summed E-state index contributed by atoms with van der Waals surface area (Å²) in [6.07, 6.45) is -1.51. The number of rotatable bonds is 6. The smallest absolute Gasteiger partial charge is 0.408 e. The summed E-state index contributed by atoms with van der Waals surface area (Å²) in [6, 6.07) is 7.25. The second-order valence-electron chi connectivity index (χ2n) is 6.64. The molecule has 0 aliphatic heterocycles. The Kier molecular flexibility index (Phi) is 7.89. The van der Waals surface area contributed by atoms with Crippen LogP contribution in [0.3, 0.4) is 0 Å². The van der Waals surface area contributed by atoms with Crippen molar-refractivity contribution in [1.29, 1.82) is 0 Å². The fourth-order valence-electron chi connectivity index (χ4n) is 1.98. The number of esters is 1. The number of benzene rings is 1. The van der Waals surface area contributed by atoms with Crippen LogP contribution in [0, 0.1) is 0 Å². The van der Waals surface area contributed by atoms with Crippen molar-refractivity contribution in [3.05, 3.63) is 35.9 Å². The van der Waals surface area contributed by atoms with E-state index >= 15 is 0 Å². The van der Waals surface area contributed by atoms with Crippen molar-refractivity contribution in [3.8, 4) is 0 Å². The minimum Gasteiger partial charge on any atom is -0.467 e. The standard InChI is InChI=1S/C18H26N2O6/c1-12(19-16(22)25-11-13-9-7-6-8-10-13)14(15(21)24-5)20-17(23)26-18(2,3)4/h6-10,12,14H,11H2,1-5H3,(H,19,22)(H,20,23)/t12-,14+/m0/s1. The molecule has 144 valence electrons. The number of amides is 2. The summed E-state index contributed by atoms with van der Waals surface area (Å²) >= 11 is 0. The summed E-state index contributed by atoms with van der Waals surface area (Å²) < 4.78 is 14.9. The lowest BCUT2D eigenvalue weighted by Crippen LogP contribution is -2.55. The molecule has 1 aromatic carbocycles. The SMILES string of the molecule is COC(=O)[C@H](NC(=O)OC(C)(C)C)[C@H](C)NC(=O)OCc1ccccc1. The van der Waals surface area contributed by atoms with Gasteiger partial charge in [0.1, 0.15) is 18.2 Å². The van der Waals surface area contributed by atoms with Crippen LogP contribution in [0.4, 0.5) is 9.59 Å². The predicted octanol–water partition coefficient (Wildman–Crippen LogP) is 2.37. The van der Waals surface area contributed by atoms with Crippen molar-refractivity contribution in [1.82, 2.24) is 10.6 Å². The molecule has 0 spiro atoms. The fourth-order valence-corrected chi connectivity index (χ4v) is 1.98. The molecule has 0 bridgehead atoms. The van der Waals surface area contributed by atoms with E-state index in [0.29, 0.717) is 0 Å².